The van der Waals surface area contributed by atoms with Crippen LogP contribution in [0.5, 0.6) is 11.5 Å². The molecule has 0 spiro atoms. The van der Waals surface area contributed by atoms with Gasteiger partial charge in [0.05, 0.1) is 0 Å². The van der Waals surface area contributed by atoms with Crippen LogP contribution in [0.25, 0.3) is 0 Å². The zero-order valence-corrected chi connectivity index (χ0v) is 26.7. The first-order valence-corrected chi connectivity index (χ1v) is 16.0. The molecular weight excluding hydrogens is 565 g/mol. The molecule has 5 aromatic rings. The van der Waals surface area contributed by atoms with Crippen molar-refractivity contribution in [3.63, 3.8) is 0 Å². The molecular formula is C37H38N3O3P. The molecule has 0 bridgehead atoms. The minimum absolute atomic E-state index is 0.445. The first-order chi connectivity index (χ1) is 21.3. The lowest BCUT2D eigenvalue weighted by molar-refractivity contribution is 0.363. The molecule has 6 nitrogen and oxygen atoms in total. The molecule has 7 heteroatoms. The molecule has 0 aliphatic rings. The van der Waals surface area contributed by atoms with Crippen LogP contribution in [0.2, 0.25) is 0 Å². The Morgan fingerprint density at radius 3 is 1.27 bits per heavy atom. The minimum Gasteiger partial charge on any atom is -0.415 e. The molecule has 5 rings (SSSR count). The second-order valence-corrected chi connectivity index (χ2v) is 12.9. The van der Waals surface area contributed by atoms with E-state index in [1.54, 1.807) is 37.5 Å². The molecule has 0 aromatic heterocycles. The first kappa shape index (κ1) is 30.7. The maximum Gasteiger partial charge on any atom is 0.450 e. The summed E-state index contributed by atoms with van der Waals surface area (Å²) < 4.78 is 29.4. The van der Waals surface area contributed by atoms with E-state index in [-0.39, 0.29) is 0 Å². The highest BCUT2D eigenvalue weighted by Gasteiger charge is 2.58. The Labute approximate surface area is 260 Å². The van der Waals surface area contributed by atoms with Crippen LogP contribution in [-0.4, -0.2) is 41.5 Å². The van der Waals surface area contributed by atoms with Crippen molar-refractivity contribution in [3.05, 3.63) is 156 Å². The summed E-state index contributed by atoms with van der Waals surface area (Å²) in [5.74, 6) is 0.890. The second-order valence-electron chi connectivity index (χ2n) is 10.9. The molecule has 0 aliphatic heterocycles. The van der Waals surface area contributed by atoms with Crippen LogP contribution in [0.4, 0.5) is 11.4 Å². The van der Waals surface area contributed by atoms with Gasteiger partial charge in [0.2, 0.25) is 0 Å². The van der Waals surface area contributed by atoms with Gasteiger partial charge in [0.25, 0.3) is 0 Å². The van der Waals surface area contributed by atoms with Crippen molar-refractivity contribution in [2.75, 3.05) is 45.0 Å². The van der Waals surface area contributed by atoms with E-state index >= 15 is 4.57 Å². The van der Waals surface area contributed by atoms with Crippen molar-refractivity contribution in [2.24, 2.45) is 4.99 Å². The molecule has 0 N–H and O–H groups in total. The van der Waals surface area contributed by atoms with Gasteiger partial charge in [-0.05, 0) is 70.8 Å². The smallest absolute Gasteiger partial charge is 0.415 e. The monoisotopic (exact) mass is 603 g/mol. The molecule has 44 heavy (non-hydrogen) atoms. The van der Waals surface area contributed by atoms with E-state index in [1.807, 2.05) is 147 Å². The third-order valence-electron chi connectivity index (χ3n) is 7.56. The minimum atomic E-state index is -4.24. The van der Waals surface area contributed by atoms with Gasteiger partial charge < -0.3 is 18.8 Å². The number of hydrogen-bond donors (Lipinski definition) is 0. The summed E-state index contributed by atoms with van der Waals surface area (Å²) >= 11 is 0. The number of nitrogens with zero attached hydrogens (tertiary/aromatic N) is 3. The van der Waals surface area contributed by atoms with E-state index in [1.165, 1.54) is 0 Å². The number of benzene rings is 5. The summed E-state index contributed by atoms with van der Waals surface area (Å²) in [5, 5.41) is -1.38. The lowest BCUT2D eigenvalue weighted by atomic mass is 9.83. The van der Waals surface area contributed by atoms with Crippen molar-refractivity contribution in [3.8, 4) is 11.5 Å². The molecule has 0 aliphatic carbocycles. The fraction of sp³-hybridized carbons (Fsp3) is 0.162. The van der Waals surface area contributed by atoms with Crippen LogP contribution in [-0.2, 0) is 9.72 Å². The highest BCUT2D eigenvalue weighted by molar-refractivity contribution is 7.56. The Morgan fingerprint density at radius 2 is 0.932 bits per heavy atom. The number of anilines is 2. The van der Waals surface area contributed by atoms with Crippen molar-refractivity contribution >= 4 is 25.2 Å². The molecule has 0 saturated carbocycles. The summed E-state index contributed by atoms with van der Waals surface area (Å²) in [5.41, 5.74) is 5.27. The Kier molecular flexibility index (Phi) is 9.22. The van der Waals surface area contributed by atoms with E-state index in [0.717, 1.165) is 33.6 Å². The maximum absolute atomic E-state index is 16.1. The quantitative estimate of drug-likeness (QED) is 0.0861. The third kappa shape index (κ3) is 6.13. The van der Waals surface area contributed by atoms with E-state index < -0.39 is 12.8 Å². The summed E-state index contributed by atoms with van der Waals surface area (Å²) in [6.45, 7) is 0. The summed E-state index contributed by atoms with van der Waals surface area (Å²) in [6, 6.07) is 42.6. The topological polar surface area (TPSA) is 54.4 Å². The largest absolute Gasteiger partial charge is 0.450 e. The highest BCUT2D eigenvalue weighted by atomic mass is 31.2. The fourth-order valence-corrected chi connectivity index (χ4v) is 7.84. The van der Waals surface area contributed by atoms with Crippen LogP contribution in [0.1, 0.15) is 22.3 Å². The Bertz CT molecular complexity index is 1620. The number of aliphatic imine (C=N–C) groups is 1. The van der Waals surface area contributed by atoms with Gasteiger partial charge in [-0.3, -0.25) is 4.99 Å². The van der Waals surface area contributed by atoms with Gasteiger partial charge in [-0.1, -0.05) is 84.9 Å². The first-order valence-electron chi connectivity index (χ1n) is 14.4. The normalized spacial score (nSPS) is 11.8. The average molecular weight is 604 g/mol. The zero-order chi connectivity index (χ0) is 31.2. The van der Waals surface area contributed by atoms with Crippen molar-refractivity contribution < 1.29 is 13.6 Å². The van der Waals surface area contributed by atoms with E-state index in [0.29, 0.717) is 11.5 Å². The summed E-state index contributed by atoms with van der Waals surface area (Å²) in [7, 11) is 5.50. The van der Waals surface area contributed by atoms with Gasteiger partial charge in [0.1, 0.15) is 11.5 Å². The predicted octanol–water partition coefficient (Wildman–Crippen LogP) is 8.51. The van der Waals surface area contributed by atoms with Crippen LogP contribution in [0.15, 0.2) is 138 Å². The molecule has 0 atom stereocenters. The van der Waals surface area contributed by atoms with Crippen LogP contribution >= 0.6 is 7.60 Å². The van der Waals surface area contributed by atoms with E-state index in [9.17, 15) is 0 Å². The van der Waals surface area contributed by atoms with Gasteiger partial charge >= 0.3 is 7.60 Å². The molecule has 0 fully saturated rings. The Balaban J connectivity index is 1.89. The maximum atomic E-state index is 16.1. The zero-order valence-electron chi connectivity index (χ0n) is 25.8. The van der Waals surface area contributed by atoms with Gasteiger partial charge in [0, 0.05) is 52.8 Å². The third-order valence-corrected chi connectivity index (χ3v) is 10.1. The van der Waals surface area contributed by atoms with Gasteiger partial charge in [-0.2, -0.15) is 0 Å². The van der Waals surface area contributed by atoms with Crippen LogP contribution in [0, 0.1) is 0 Å². The van der Waals surface area contributed by atoms with Gasteiger partial charge in [-0.15, -0.1) is 0 Å². The standard InChI is InChI=1S/C37H38N3O3P/c1-38-28-29-16-18-30(19-17-29)37(31-20-24-33(25-21-31)39(2)3,32-22-26-34(27-23-32)40(4)5)44(41,42-35-12-8-6-9-13-35)43-36-14-10-7-11-15-36/h6-28H,1-5H3. The van der Waals surface area contributed by atoms with Crippen molar-refractivity contribution in [1.29, 1.82) is 0 Å². The molecule has 5 aromatic carbocycles. The molecule has 0 heterocycles. The fourth-order valence-electron chi connectivity index (χ4n) is 5.33. The van der Waals surface area contributed by atoms with Gasteiger partial charge in [-0.25, -0.2) is 4.57 Å². The summed E-state index contributed by atoms with van der Waals surface area (Å²) in [4.78, 5) is 8.27. The van der Waals surface area contributed by atoms with Gasteiger partial charge in [0.15, 0.2) is 5.16 Å². The molecule has 0 amide bonds. The predicted molar refractivity (Wildman–Crippen MR) is 183 cm³/mol. The SMILES string of the molecule is CN=Cc1ccc(C(c2ccc(N(C)C)cc2)(c2ccc(N(C)C)cc2)P(=O)(Oc2ccccc2)Oc2ccccc2)cc1. The lowest BCUT2D eigenvalue weighted by Gasteiger charge is -2.40. The number of para-hydroxylation sites is 2. The lowest BCUT2D eigenvalue weighted by Crippen LogP contribution is -2.34. The van der Waals surface area contributed by atoms with Crippen molar-refractivity contribution in [1.82, 2.24) is 0 Å². The number of hydrogen-bond acceptors (Lipinski definition) is 6. The average Bonchev–Trinajstić information content (AvgIpc) is 3.03. The van der Waals surface area contributed by atoms with E-state index in [4.69, 9.17) is 9.05 Å². The molecule has 224 valence electrons. The molecule has 0 unspecified atom stereocenters. The molecule has 0 saturated heterocycles. The Morgan fingerprint density at radius 1 is 0.568 bits per heavy atom. The molecule has 0 radical (unpaired) electrons. The number of rotatable bonds is 11. The summed E-state index contributed by atoms with van der Waals surface area (Å²) in [6.07, 6.45) is 1.80. The van der Waals surface area contributed by atoms with Crippen LogP contribution in [0.3, 0.4) is 0 Å². The van der Waals surface area contributed by atoms with Crippen molar-refractivity contribution in [2.45, 2.75) is 5.16 Å². The van der Waals surface area contributed by atoms with Crippen LogP contribution < -0.4 is 18.8 Å². The Hall–Kier alpha value is -4.80. The van der Waals surface area contributed by atoms with E-state index in [2.05, 4.69) is 4.99 Å². The highest BCUT2D eigenvalue weighted by Crippen LogP contribution is 2.69. The second kappa shape index (κ2) is 13.2.